The van der Waals surface area contributed by atoms with E-state index in [4.69, 9.17) is 0 Å². The first-order chi connectivity index (χ1) is 12.1. The summed E-state index contributed by atoms with van der Waals surface area (Å²) in [6, 6.07) is 19.1. The number of nitrogens with zero attached hydrogens (tertiary/aromatic N) is 1. The van der Waals surface area contributed by atoms with Crippen LogP contribution in [0.3, 0.4) is 0 Å². The third-order valence-electron chi connectivity index (χ3n) is 3.85. The zero-order valence-corrected chi connectivity index (χ0v) is 15.4. The van der Waals surface area contributed by atoms with Crippen LogP contribution in [0.25, 0.3) is 0 Å². The Bertz CT molecular complexity index is 878. The molecule has 126 valence electrons. The lowest BCUT2D eigenvalue weighted by atomic mass is 10.1. The van der Waals surface area contributed by atoms with Crippen molar-refractivity contribution in [1.29, 1.82) is 0 Å². The van der Waals surface area contributed by atoms with Gasteiger partial charge in [-0.2, -0.15) is 0 Å². The second kappa shape index (κ2) is 7.94. The molecule has 0 aliphatic heterocycles. The van der Waals surface area contributed by atoms with E-state index in [1.165, 1.54) is 11.1 Å². The monoisotopic (exact) mass is 395 g/mol. The molecule has 4 nitrogen and oxygen atoms in total. The number of carbonyl (C=O) groups is 1. The van der Waals surface area contributed by atoms with E-state index < -0.39 is 0 Å². The van der Waals surface area contributed by atoms with Gasteiger partial charge in [0.25, 0.3) is 5.91 Å². The van der Waals surface area contributed by atoms with Crippen LogP contribution in [0, 0.1) is 6.92 Å². The summed E-state index contributed by atoms with van der Waals surface area (Å²) in [6.07, 6.45) is 1.64. The Balaban J connectivity index is 1.67. The Hall–Kier alpha value is -2.66. The number of anilines is 2. The van der Waals surface area contributed by atoms with Crippen LogP contribution >= 0.6 is 15.9 Å². The van der Waals surface area contributed by atoms with Gasteiger partial charge in [0.15, 0.2) is 0 Å². The first kappa shape index (κ1) is 17.2. The van der Waals surface area contributed by atoms with Crippen LogP contribution in [0.4, 0.5) is 11.5 Å². The summed E-state index contributed by atoms with van der Waals surface area (Å²) >= 11 is 3.38. The molecule has 0 fully saturated rings. The zero-order valence-electron chi connectivity index (χ0n) is 13.8. The van der Waals surface area contributed by atoms with Gasteiger partial charge < -0.3 is 10.6 Å². The number of nitrogens with one attached hydrogen (secondary N) is 2. The van der Waals surface area contributed by atoms with E-state index in [9.17, 15) is 4.79 Å². The molecule has 0 aliphatic carbocycles. The molecule has 3 rings (SSSR count). The van der Waals surface area contributed by atoms with Crippen LogP contribution in [0.15, 0.2) is 71.3 Å². The standard InChI is InChI=1S/C20H18BrN3O/c1-14-4-2-3-5-16(14)13-23-19-12-15(10-11-22-19)20(25)24-18-8-6-17(21)7-9-18/h2-12H,13H2,1H3,(H,22,23)(H,24,25). The van der Waals surface area contributed by atoms with E-state index in [0.29, 0.717) is 17.9 Å². The molecular weight excluding hydrogens is 378 g/mol. The van der Waals surface area contributed by atoms with Crippen LogP contribution in [-0.2, 0) is 6.54 Å². The van der Waals surface area contributed by atoms with Crippen molar-refractivity contribution < 1.29 is 4.79 Å². The largest absolute Gasteiger partial charge is 0.366 e. The minimum absolute atomic E-state index is 0.163. The number of pyridine rings is 1. The normalized spacial score (nSPS) is 10.3. The van der Waals surface area contributed by atoms with Crippen molar-refractivity contribution in [2.24, 2.45) is 0 Å². The minimum Gasteiger partial charge on any atom is -0.366 e. The second-order valence-electron chi connectivity index (χ2n) is 5.67. The summed E-state index contributed by atoms with van der Waals surface area (Å²) in [5.41, 5.74) is 3.73. The highest BCUT2D eigenvalue weighted by Gasteiger charge is 2.08. The van der Waals surface area contributed by atoms with Crippen molar-refractivity contribution in [2.75, 3.05) is 10.6 Å². The molecule has 25 heavy (non-hydrogen) atoms. The molecule has 0 saturated carbocycles. The zero-order chi connectivity index (χ0) is 17.6. The SMILES string of the molecule is Cc1ccccc1CNc1cc(C(=O)Nc2ccc(Br)cc2)ccn1. The van der Waals surface area contributed by atoms with Gasteiger partial charge in [0.2, 0.25) is 0 Å². The lowest BCUT2D eigenvalue weighted by molar-refractivity contribution is 0.102. The van der Waals surface area contributed by atoms with Gasteiger partial charge >= 0.3 is 0 Å². The molecule has 3 aromatic rings. The van der Waals surface area contributed by atoms with Gasteiger partial charge in [-0.05, 0) is 54.4 Å². The van der Waals surface area contributed by atoms with Crippen molar-refractivity contribution in [1.82, 2.24) is 4.98 Å². The number of hydrogen-bond acceptors (Lipinski definition) is 3. The molecule has 0 aliphatic rings. The van der Waals surface area contributed by atoms with E-state index >= 15 is 0 Å². The van der Waals surface area contributed by atoms with E-state index in [1.54, 1.807) is 18.3 Å². The second-order valence-corrected chi connectivity index (χ2v) is 6.59. The summed E-state index contributed by atoms with van der Waals surface area (Å²) < 4.78 is 0.970. The number of rotatable bonds is 5. The molecule has 1 aromatic heterocycles. The molecule has 2 N–H and O–H groups in total. The topological polar surface area (TPSA) is 54.0 Å². The third-order valence-corrected chi connectivity index (χ3v) is 4.37. The number of amides is 1. The average molecular weight is 396 g/mol. The van der Waals surface area contributed by atoms with Crippen LogP contribution in [0.5, 0.6) is 0 Å². The molecule has 0 saturated heterocycles. The van der Waals surface area contributed by atoms with E-state index in [2.05, 4.69) is 50.6 Å². The van der Waals surface area contributed by atoms with Crippen LogP contribution in [0.1, 0.15) is 21.5 Å². The van der Waals surface area contributed by atoms with Gasteiger partial charge in [-0.15, -0.1) is 0 Å². The first-order valence-electron chi connectivity index (χ1n) is 7.93. The van der Waals surface area contributed by atoms with Crippen molar-refractivity contribution in [3.05, 3.63) is 88.0 Å². The molecule has 0 spiro atoms. The maximum Gasteiger partial charge on any atom is 0.255 e. The van der Waals surface area contributed by atoms with Gasteiger partial charge in [0, 0.05) is 28.5 Å². The Morgan fingerprint density at radius 1 is 1.08 bits per heavy atom. The fourth-order valence-electron chi connectivity index (χ4n) is 2.40. The van der Waals surface area contributed by atoms with E-state index in [0.717, 1.165) is 10.2 Å². The van der Waals surface area contributed by atoms with Crippen molar-refractivity contribution in [3.8, 4) is 0 Å². The van der Waals surface area contributed by atoms with Crippen LogP contribution in [0.2, 0.25) is 0 Å². The number of benzene rings is 2. The summed E-state index contributed by atoms with van der Waals surface area (Å²) in [5, 5.41) is 6.15. The third kappa shape index (κ3) is 4.67. The molecule has 2 aromatic carbocycles. The number of aromatic nitrogens is 1. The minimum atomic E-state index is -0.163. The molecule has 1 amide bonds. The number of carbonyl (C=O) groups excluding carboxylic acids is 1. The lowest BCUT2D eigenvalue weighted by Gasteiger charge is -2.10. The van der Waals surface area contributed by atoms with Crippen molar-refractivity contribution >= 4 is 33.3 Å². The molecule has 0 atom stereocenters. The Kier molecular flexibility index (Phi) is 5.46. The first-order valence-corrected chi connectivity index (χ1v) is 8.72. The highest BCUT2D eigenvalue weighted by atomic mass is 79.9. The molecule has 0 radical (unpaired) electrons. The van der Waals surface area contributed by atoms with Crippen molar-refractivity contribution in [3.63, 3.8) is 0 Å². The summed E-state index contributed by atoms with van der Waals surface area (Å²) in [7, 11) is 0. The van der Waals surface area contributed by atoms with Gasteiger partial charge in [-0.25, -0.2) is 4.98 Å². The predicted molar refractivity (Wildman–Crippen MR) is 105 cm³/mol. The Labute approximate surface area is 155 Å². The maximum absolute atomic E-state index is 12.4. The number of aryl methyl sites for hydroxylation is 1. The Morgan fingerprint density at radius 3 is 2.60 bits per heavy atom. The Morgan fingerprint density at radius 2 is 1.84 bits per heavy atom. The van der Waals surface area contributed by atoms with E-state index in [-0.39, 0.29) is 5.91 Å². The van der Waals surface area contributed by atoms with E-state index in [1.807, 2.05) is 36.4 Å². The maximum atomic E-state index is 12.4. The quantitative estimate of drug-likeness (QED) is 0.637. The predicted octanol–water partition coefficient (Wildman–Crippen LogP) is 5.02. The fourth-order valence-corrected chi connectivity index (χ4v) is 2.66. The summed E-state index contributed by atoms with van der Waals surface area (Å²) in [6.45, 7) is 2.74. The highest BCUT2D eigenvalue weighted by molar-refractivity contribution is 9.10. The smallest absolute Gasteiger partial charge is 0.255 e. The highest BCUT2D eigenvalue weighted by Crippen LogP contribution is 2.16. The van der Waals surface area contributed by atoms with Crippen molar-refractivity contribution in [2.45, 2.75) is 13.5 Å². The summed E-state index contributed by atoms with van der Waals surface area (Å²) in [5.74, 6) is 0.510. The van der Waals surface area contributed by atoms with Gasteiger partial charge in [0.1, 0.15) is 5.82 Å². The molecule has 1 heterocycles. The van der Waals surface area contributed by atoms with Gasteiger partial charge in [0.05, 0.1) is 0 Å². The van der Waals surface area contributed by atoms with Crippen LogP contribution in [-0.4, -0.2) is 10.9 Å². The number of halogens is 1. The fraction of sp³-hybridized carbons (Fsp3) is 0.100. The molecule has 0 unspecified atom stereocenters. The molecule has 0 bridgehead atoms. The van der Waals surface area contributed by atoms with Gasteiger partial charge in [-0.3, -0.25) is 4.79 Å². The molecular formula is C20H18BrN3O. The van der Waals surface area contributed by atoms with Gasteiger partial charge in [-0.1, -0.05) is 40.2 Å². The lowest BCUT2D eigenvalue weighted by Crippen LogP contribution is -2.12. The number of hydrogen-bond donors (Lipinski definition) is 2. The van der Waals surface area contributed by atoms with Crippen LogP contribution < -0.4 is 10.6 Å². The molecule has 5 heteroatoms. The average Bonchev–Trinajstić information content (AvgIpc) is 2.63. The summed E-state index contributed by atoms with van der Waals surface area (Å²) in [4.78, 5) is 16.7.